The lowest BCUT2D eigenvalue weighted by molar-refractivity contribution is 0.463. The number of hydrogen-bond acceptors (Lipinski definition) is 1. The first-order chi connectivity index (χ1) is 7.15. The minimum absolute atomic E-state index is 0.175. The second-order valence-electron chi connectivity index (χ2n) is 3.70. The molecule has 0 saturated heterocycles. The highest BCUT2D eigenvalue weighted by atomic mass is 19.2. The molecule has 2 rings (SSSR count). The lowest BCUT2D eigenvalue weighted by Crippen LogP contribution is -2.19. The number of nitrogens with one attached hydrogen (secondary N) is 1. The summed E-state index contributed by atoms with van der Waals surface area (Å²) in [4.78, 5) is 0. The van der Waals surface area contributed by atoms with Crippen LogP contribution in [0.3, 0.4) is 0 Å². The quantitative estimate of drug-likeness (QED) is 0.748. The van der Waals surface area contributed by atoms with Crippen LogP contribution >= 0.6 is 0 Å². The summed E-state index contributed by atoms with van der Waals surface area (Å²) in [5.74, 6) is -2.64. The zero-order valence-corrected chi connectivity index (χ0v) is 8.41. The summed E-state index contributed by atoms with van der Waals surface area (Å²) in [5, 5.41) is 3.02. The van der Waals surface area contributed by atoms with E-state index in [1.165, 1.54) is 0 Å². The van der Waals surface area contributed by atoms with Crippen LogP contribution in [0, 0.1) is 17.5 Å². The molecule has 1 nitrogen and oxygen atoms in total. The number of rotatable bonds is 2. The first-order valence-electron chi connectivity index (χ1n) is 5.04. The Kier molecular flexibility index (Phi) is 2.69. The molecule has 0 fully saturated rings. The molecule has 4 heteroatoms. The topological polar surface area (TPSA) is 12.0 Å². The Morgan fingerprint density at radius 2 is 2.07 bits per heavy atom. The molecule has 0 spiro atoms. The zero-order chi connectivity index (χ0) is 11.0. The van der Waals surface area contributed by atoms with Crippen molar-refractivity contribution in [2.75, 3.05) is 6.54 Å². The summed E-state index contributed by atoms with van der Waals surface area (Å²) in [6.45, 7) is 2.53. The molecular formula is C11H12F3N. The van der Waals surface area contributed by atoms with Crippen LogP contribution in [-0.2, 0) is 6.42 Å². The standard InChI is InChI=1S/C11H12F3N/c1-2-15-9-4-3-6-7(12)5-8(13)11(14)10(6)9/h5,9,15H,2-4H2,1H3. The zero-order valence-electron chi connectivity index (χ0n) is 8.41. The van der Waals surface area contributed by atoms with Gasteiger partial charge in [-0.15, -0.1) is 0 Å². The maximum Gasteiger partial charge on any atom is 0.164 e. The Labute approximate surface area is 86.3 Å². The molecule has 0 heterocycles. The van der Waals surface area contributed by atoms with Crippen LogP contribution in [0.15, 0.2) is 6.07 Å². The molecule has 15 heavy (non-hydrogen) atoms. The summed E-state index contributed by atoms with van der Waals surface area (Å²) >= 11 is 0. The average Bonchev–Trinajstić information content (AvgIpc) is 2.60. The molecule has 82 valence electrons. The monoisotopic (exact) mass is 215 g/mol. The van der Waals surface area contributed by atoms with Crippen molar-refractivity contribution in [3.05, 3.63) is 34.6 Å². The van der Waals surface area contributed by atoms with Crippen LogP contribution in [0.25, 0.3) is 0 Å². The Bertz CT molecular complexity index is 390. The van der Waals surface area contributed by atoms with Crippen molar-refractivity contribution in [2.45, 2.75) is 25.8 Å². The van der Waals surface area contributed by atoms with Crippen LogP contribution in [0.1, 0.15) is 30.5 Å². The van der Waals surface area contributed by atoms with Crippen molar-refractivity contribution in [1.29, 1.82) is 0 Å². The van der Waals surface area contributed by atoms with E-state index in [0.29, 0.717) is 31.0 Å². The van der Waals surface area contributed by atoms with Gasteiger partial charge in [-0.2, -0.15) is 0 Å². The summed E-state index contributed by atoms with van der Waals surface area (Å²) in [6, 6.07) is 0.373. The van der Waals surface area contributed by atoms with Gasteiger partial charge >= 0.3 is 0 Å². The Morgan fingerprint density at radius 1 is 1.33 bits per heavy atom. The molecular weight excluding hydrogens is 203 g/mol. The highest BCUT2D eigenvalue weighted by Crippen LogP contribution is 2.35. The fourth-order valence-corrected chi connectivity index (χ4v) is 2.15. The molecule has 1 aliphatic rings. The van der Waals surface area contributed by atoms with Gasteiger partial charge in [0.05, 0.1) is 0 Å². The number of fused-ring (bicyclic) bond motifs is 1. The molecule has 1 atom stereocenters. The Morgan fingerprint density at radius 3 is 2.73 bits per heavy atom. The first kappa shape index (κ1) is 10.5. The van der Waals surface area contributed by atoms with Crippen molar-refractivity contribution in [2.24, 2.45) is 0 Å². The van der Waals surface area contributed by atoms with Gasteiger partial charge in [0, 0.05) is 17.7 Å². The highest BCUT2D eigenvalue weighted by molar-refractivity contribution is 5.37. The summed E-state index contributed by atoms with van der Waals surface area (Å²) in [6.07, 6.45) is 1.09. The molecule has 0 aliphatic heterocycles. The third-order valence-corrected chi connectivity index (χ3v) is 2.80. The average molecular weight is 215 g/mol. The van der Waals surface area contributed by atoms with Gasteiger partial charge in [-0.25, -0.2) is 13.2 Å². The van der Waals surface area contributed by atoms with Crippen LogP contribution in [0.2, 0.25) is 0 Å². The van der Waals surface area contributed by atoms with Gasteiger partial charge in [0.1, 0.15) is 5.82 Å². The van der Waals surface area contributed by atoms with Gasteiger partial charge in [-0.3, -0.25) is 0 Å². The minimum atomic E-state index is -1.10. The van der Waals surface area contributed by atoms with Crippen LogP contribution in [0.5, 0.6) is 0 Å². The molecule has 0 radical (unpaired) electrons. The van der Waals surface area contributed by atoms with E-state index >= 15 is 0 Å². The number of benzene rings is 1. The van der Waals surface area contributed by atoms with E-state index in [-0.39, 0.29) is 11.6 Å². The molecule has 0 saturated carbocycles. The number of hydrogen-bond donors (Lipinski definition) is 1. The van der Waals surface area contributed by atoms with E-state index in [2.05, 4.69) is 5.32 Å². The second kappa shape index (κ2) is 3.85. The maximum atomic E-state index is 13.5. The molecule has 1 N–H and O–H groups in total. The summed E-state index contributed by atoms with van der Waals surface area (Å²) in [5.41, 5.74) is 0.495. The third-order valence-electron chi connectivity index (χ3n) is 2.80. The first-order valence-corrected chi connectivity index (χ1v) is 5.04. The van der Waals surface area contributed by atoms with Crippen molar-refractivity contribution < 1.29 is 13.2 Å². The SMILES string of the molecule is CCNC1CCc2c(F)cc(F)c(F)c21. The lowest BCUT2D eigenvalue weighted by Gasteiger charge is -2.13. The normalized spacial score (nSPS) is 19.3. The van der Waals surface area contributed by atoms with Gasteiger partial charge < -0.3 is 5.32 Å². The maximum absolute atomic E-state index is 13.5. The van der Waals surface area contributed by atoms with E-state index in [1.807, 2.05) is 6.92 Å². The fourth-order valence-electron chi connectivity index (χ4n) is 2.15. The smallest absolute Gasteiger partial charge is 0.164 e. The molecule has 0 aromatic heterocycles. The van der Waals surface area contributed by atoms with Gasteiger partial charge in [0.2, 0.25) is 0 Å². The van der Waals surface area contributed by atoms with Crippen molar-refractivity contribution >= 4 is 0 Å². The Hall–Kier alpha value is -1.03. The van der Waals surface area contributed by atoms with E-state index in [0.717, 1.165) is 0 Å². The van der Waals surface area contributed by atoms with Crippen LogP contribution < -0.4 is 5.32 Å². The highest BCUT2D eigenvalue weighted by Gasteiger charge is 2.30. The predicted molar refractivity (Wildman–Crippen MR) is 51.1 cm³/mol. The molecule has 0 amide bonds. The molecule has 1 unspecified atom stereocenters. The minimum Gasteiger partial charge on any atom is -0.310 e. The van der Waals surface area contributed by atoms with E-state index in [1.54, 1.807) is 0 Å². The van der Waals surface area contributed by atoms with E-state index in [9.17, 15) is 13.2 Å². The van der Waals surface area contributed by atoms with Gasteiger partial charge in [-0.1, -0.05) is 6.92 Å². The predicted octanol–water partition coefficient (Wildman–Crippen LogP) is 2.70. The van der Waals surface area contributed by atoms with Gasteiger partial charge in [-0.05, 0) is 24.9 Å². The molecule has 0 bridgehead atoms. The van der Waals surface area contributed by atoms with Crippen molar-refractivity contribution in [3.8, 4) is 0 Å². The second-order valence-corrected chi connectivity index (χ2v) is 3.70. The largest absolute Gasteiger partial charge is 0.310 e. The van der Waals surface area contributed by atoms with E-state index < -0.39 is 17.5 Å². The molecule has 1 aliphatic carbocycles. The van der Waals surface area contributed by atoms with Gasteiger partial charge in [0.25, 0.3) is 0 Å². The number of halogens is 3. The summed E-state index contributed by atoms with van der Waals surface area (Å²) < 4.78 is 39.8. The van der Waals surface area contributed by atoms with Crippen LogP contribution in [0.4, 0.5) is 13.2 Å². The third kappa shape index (κ3) is 1.63. The molecule has 1 aromatic rings. The lowest BCUT2D eigenvalue weighted by atomic mass is 10.1. The fraction of sp³-hybridized carbons (Fsp3) is 0.455. The van der Waals surface area contributed by atoms with Gasteiger partial charge in [0.15, 0.2) is 11.6 Å². The van der Waals surface area contributed by atoms with Crippen molar-refractivity contribution in [1.82, 2.24) is 5.32 Å². The molecule has 1 aromatic carbocycles. The van der Waals surface area contributed by atoms with Crippen LogP contribution in [-0.4, -0.2) is 6.54 Å². The summed E-state index contributed by atoms with van der Waals surface area (Å²) in [7, 11) is 0. The van der Waals surface area contributed by atoms with E-state index in [4.69, 9.17) is 0 Å². The van der Waals surface area contributed by atoms with Crippen molar-refractivity contribution in [3.63, 3.8) is 0 Å². The Balaban J connectivity index is 2.50.